The van der Waals surface area contributed by atoms with Crippen LogP contribution in [0.5, 0.6) is 5.75 Å². The van der Waals surface area contributed by atoms with Gasteiger partial charge in [-0.15, -0.1) is 56.7 Å². The summed E-state index contributed by atoms with van der Waals surface area (Å²) in [6.07, 6.45) is -2.61. The number of carbonyl (C=O) groups is 6. The minimum absolute atomic E-state index is 0.00789. The highest BCUT2D eigenvalue weighted by Gasteiger charge is 2.50. The van der Waals surface area contributed by atoms with Gasteiger partial charge in [0.25, 0.3) is 17.7 Å². The molecule has 99 heavy (non-hydrogen) atoms. The molecule has 10 atom stereocenters. The van der Waals surface area contributed by atoms with Crippen molar-refractivity contribution < 1.29 is 77.7 Å². The van der Waals surface area contributed by atoms with Crippen molar-refractivity contribution in [3.8, 4) is 38.4 Å². The van der Waals surface area contributed by atoms with E-state index < -0.39 is 122 Å². The van der Waals surface area contributed by atoms with Gasteiger partial charge in [-0.05, 0) is 59.5 Å². The number of hydrogen-bond acceptors (Lipinski definition) is 31. The van der Waals surface area contributed by atoms with Gasteiger partial charge in [0.15, 0.2) is 18.1 Å². The topological polar surface area (TPSA) is 410 Å². The molecule has 1 fully saturated rings. The van der Waals surface area contributed by atoms with E-state index in [1.807, 2.05) is 0 Å². The van der Waals surface area contributed by atoms with Gasteiger partial charge in [0.2, 0.25) is 5.91 Å². The van der Waals surface area contributed by atoms with Crippen LogP contribution in [-0.4, -0.2) is 182 Å². The van der Waals surface area contributed by atoms with Crippen molar-refractivity contribution >= 4 is 109 Å². The first-order chi connectivity index (χ1) is 47.5. The smallest absolute Gasteiger partial charge is 0.358 e. The number of hydrogen-bond donors (Lipinski definition) is 9. The molecule has 8 aromatic heterocycles. The number of methoxy groups -OCH3 is 1. The van der Waals surface area contributed by atoms with E-state index in [9.17, 15) is 30.1 Å². The number of likely N-dealkylation sites (N-methyl/N-ethyl adjacent to an activating group) is 1. The third-order valence-electron chi connectivity index (χ3n) is 16.8. The number of aliphatic hydroxyl groups excluding tert-OH is 1. The minimum atomic E-state index is -1.89. The number of carbonyl (C=O) groups excluding carboxylic acids is 6. The first-order valence-corrected chi connectivity index (χ1v) is 35.0. The maximum absolute atomic E-state index is 15.2. The number of pyridine rings is 1. The molecule has 0 spiro atoms. The Morgan fingerprint density at radius 1 is 0.828 bits per heavy atom. The van der Waals surface area contributed by atoms with Gasteiger partial charge in [0.05, 0.1) is 48.8 Å². The summed E-state index contributed by atoms with van der Waals surface area (Å²) < 4.78 is 38.4. The van der Waals surface area contributed by atoms with E-state index in [-0.39, 0.29) is 99.9 Å². The molecule has 12 bridgehead atoms. The SMILES string of the molecule is COC(C)=C1NC(=O)[C@H]([C@@H](C)O)NC(=O)c2csc(n2)-c2cc(O)c(-c3nc(CNCc4cncnc4)cs3)nc2-c2csc(n2)[C@@H]2COC(=O)c3c4c5c(cccc5n3O)COC(=O)[C@@H](O[C@H]3C[C@](C)(O)[C@H](N(C)C)[C@H](C)O3)[C@@H](OC4)[C@H](NC(=O)c3csc1n3)c1nc(cs1)C(=O)N2. The van der Waals surface area contributed by atoms with Crippen LogP contribution in [0.2, 0.25) is 0 Å². The minimum Gasteiger partial charge on any atom is -0.506 e. The standard InChI is InChI=1S/C63H63N15O16S5/c1-26(79)43-55(84)75-44(27(2)89-7)58-71-38(24-98-58)54(83)76-47-49-50(94-41-12-63(4,87)51(77(5)6)28(3)93-41)62(86)91-17-30-9-8-10-39-42(30)33(18-90-49)48(78(39)88)61(85)92-19-34(68-52(81)36-23-99-60(47)72-36)57-69-35(21-97-57)45-32(56-70-37(22-96-56)53(82)74-43)11-40(80)46(73-45)59-67-31(20-95-59)16-64-13-29-14-65-25-66-15-29/h8-11,14-15,20-26,28,34,41,43,47,49-51,64,79-80,87-88H,12-13,16-19H2,1-7H3,(H,68,81)(H,74,82)(H,75,84)(H,76,83)/t26-,28+,34+,41+,43+,47+,49+,50+,51-,63+/m1/s1. The molecule has 9 aromatic rings. The van der Waals surface area contributed by atoms with E-state index in [1.165, 1.54) is 66.9 Å². The van der Waals surface area contributed by atoms with Crippen molar-refractivity contribution in [2.45, 2.75) is 121 Å². The highest BCUT2D eigenvalue weighted by molar-refractivity contribution is 7.14. The number of benzene rings is 1. The Labute approximate surface area is 582 Å². The molecule has 0 saturated carbocycles. The number of aromatic nitrogens is 9. The van der Waals surface area contributed by atoms with Gasteiger partial charge in [-0.3, -0.25) is 19.2 Å². The van der Waals surface area contributed by atoms with E-state index >= 15 is 19.2 Å². The van der Waals surface area contributed by atoms with Crippen LogP contribution in [0.4, 0.5) is 0 Å². The molecular weight excluding hydrogens is 1380 g/mol. The monoisotopic (exact) mass is 1450 g/mol. The number of esters is 2. The summed E-state index contributed by atoms with van der Waals surface area (Å²) in [5.41, 5.74) is -0.287. The lowest BCUT2D eigenvalue weighted by molar-refractivity contribution is -0.280. The number of allylic oxidation sites excluding steroid dienone is 1. The van der Waals surface area contributed by atoms with Gasteiger partial charge in [0.1, 0.15) is 120 Å². The van der Waals surface area contributed by atoms with Crippen LogP contribution in [-0.2, 0) is 64.3 Å². The highest BCUT2D eigenvalue weighted by atomic mass is 32.1. The van der Waals surface area contributed by atoms with Gasteiger partial charge in [-0.1, -0.05) is 12.1 Å². The lowest BCUT2D eigenvalue weighted by Crippen LogP contribution is -2.62. The first-order valence-electron chi connectivity index (χ1n) is 30.6. The average Bonchev–Trinajstić information content (AvgIpc) is 1.65. The molecule has 4 amide bonds. The van der Waals surface area contributed by atoms with Gasteiger partial charge < -0.3 is 80.4 Å². The van der Waals surface area contributed by atoms with Crippen LogP contribution < -0.4 is 26.6 Å². The average molecular weight is 1450 g/mol. The maximum atomic E-state index is 15.2. The first kappa shape index (κ1) is 68.3. The van der Waals surface area contributed by atoms with Crippen molar-refractivity contribution in [2.24, 2.45) is 0 Å². The number of amides is 4. The molecule has 1 saturated heterocycles. The summed E-state index contributed by atoms with van der Waals surface area (Å²) in [6.45, 7) is 5.20. The van der Waals surface area contributed by atoms with Crippen molar-refractivity contribution in [1.29, 1.82) is 0 Å². The predicted octanol–water partition coefficient (Wildman–Crippen LogP) is 5.24. The van der Waals surface area contributed by atoms with Crippen LogP contribution in [0.1, 0.15) is 126 Å². The summed E-state index contributed by atoms with van der Waals surface area (Å²) >= 11 is 5.00. The summed E-state index contributed by atoms with van der Waals surface area (Å²) in [5.74, 6) is -5.98. The van der Waals surface area contributed by atoms with Crippen molar-refractivity contribution in [1.82, 2.24) is 76.1 Å². The molecule has 516 valence electrons. The highest BCUT2D eigenvalue weighted by Crippen LogP contribution is 2.43. The summed E-state index contributed by atoms with van der Waals surface area (Å²) in [6, 6.07) is 0.999. The van der Waals surface area contributed by atoms with E-state index in [0.717, 1.165) is 50.9 Å². The molecular formula is C63H63N15O16S5. The van der Waals surface area contributed by atoms with Crippen LogP contribution >= 0.6 is 56.7 Å². The number of fused-ring (bicyclic) bond motifs is 15. The summed E-state index contributed by atoms with van der Waals surface area (Å²) in [7, 11) is 4.89. The number of ether oxygens (including phenoxy) is 6. The molecule has 0 radical (unpaired) electrons. The third-order valence-corrected chi connectivity index (χ3v) is 21.3. The quantitative estimate of drug-likeness (QED) is 0.0480. The molecule has 12 heterocycles. The maximum Gasteiger partial charge on any atom is 0.358 e. The normalized spacial score (nSPS) is 24.0. The number of aliphatic hydroxyl groups is 2. The van der Waals surface area contributed by atoms with Gasteiger partial charge in [0, 0.05) is 80.9 Å². The summed E-state index contributed by atoms with van der Waals surface area (Å²) in [4.78, 5) is 128. The molecule has 0 unspecified atom stereocenters. The fourth-order valence-electron chi connectivity index (χ4n) is 12.2. The molecule has 1 aromatic carbocycles. The molecule has 4 aliphatic heterocycles. The Bertz CT molecular complexity index is 4640. The Morgan fingerprint density at radius 2 is 1.52 bits per heavy atom. The number of thiazole rings is 5. The van der Waals surface area contributed by atoms with Crippen molar-refractivity contribution in [3.63, 3.8) is 0 Å². The van der Waals surface area contributed by atoms with Crippen molar-refractivity contribution in [2.75, 3.05) is 27.8 Å². The fourth-order valence-corrected chi connectivity index (χ4v) is 16.4. The Morgan fingerprint density at radius 3 is 2.26 bits per heavy atom. The second-order valence-corrected chi connectivity index (χ2v) is 28.3. The van der Waals surface area contributed by atoms with E-state index in [4.69, 9.17) is 48.4 Å². The van der Waals surface area contributed by atoms with Gasteiger partial charge in [-0.25, -0.2) is 49.5 Å². The predicted molar refractivity (Wildman–Crippen MR) is 357 cm³/mol. The van der Waals surface area contributed by atoms with Gasteiger partial charge >= 0.3 is 11.9 Å². The molecule has 0 aliphatic carbocycles. The Balaban J connectivity index is 0.969. The molecule has 9 N–H and O–H groups in total. The number of nitrogens with zero attached hydrogens (tertiary/aromatic N) is 10. The van der Waals surface area contributed by atoms with E-state index in [1.54, 1.807) is 68.1 Å². The number of cyclic esters (lactones) is 2. The van der Waals surface area contributed by atoms with Crippen LogP contribution in [0.25, 0.3) is 49.3 Å². The molecule has 13 rings (SSSR count). The van der Waals surface area contributed by atoms with E-state index in [0.29, 0.717) is 34.1 Å². The zero-order valence-electron chi connectivity index (χ0n) is 53.6. The van der Waals surface area contributed by atoms with Crippen LogP contribution in [0.15, 0.2) is 75.6 Å². The lowest BCUT2D eigenvalue weighted by atomic mass is 9.85. The number of rotatable bonds is 10. The number of aromatic hydroxyl groups is 1. The lowest BCUT2D eigenvalue weighted by Gasteiger charge is -2.48. The van der Waals surface area contributed by atoms with Crippen LogP contribution in [0, 0.1) is 0 Å². The van der Waals surface area contributed by atoms with E-state index in [2.05, 4.69) is 46.5 Å². The zero-order valence-corrected chi connectivity index (χ0v) is 57.7. The number of nitrogens with one attached hydrogen (secondary N) is 5. The van der Waals surface area contributed by atoms with Crippen LogP contribution in [0.3, 0.4) is 0 Å². The molecule has 4 aliphatic rings. The second kappa shape index (κ2) is 28.2. The largest absolute Gasteiger partial charge is 0.506 e. The molecule has 31 nitrogen and oxygen atoms in total. The summed E-state index contributed by atoms with van der Waals surface area (Å²) in [5, 5.41) is 70.1. The van der Waals surface area contributed by atoms with Crippen molar-refractivity contribution in [3.05, 3.63) is 136 Å². The van der Waals surface area contributed by atoms with Gasteiger partial charge in [-0.2, -0.15) is 4.73 Å². The fraction of sp³-hybridized carbons (Fsp3) is 0.365. The zero-order chi connectivity index (χ0) is 69.7. The molecule has 36 heteroatoms. The Kier molecular flexibility index (Phi) is 19.5. The Hall–Kier alpha value is -9.18. The third kappa shape index (κ3) is 13.9. The second-order valence-electron chi connectivity index (χ2n) is 24.0.